The van der Waals surface area contributed by atoms with Gasteiger partial charge in [-0.15, -0.1) is 0 Å². The summed E-state index contributed by atoms with van der Waals surface area (Å²) in [5.74, 6) is -2.93. The van der Waals surface area contributed by atoms with E-state index in [1.807, 2.05) is 0 Å². The van der Waals surface area contributed by atoms with Crippen molar-refractivity contribution in [2.45, 2.75) is 0 Å². The maximum absolute atomic E-state index is 10.6. The van der Waals surface area contributed by atoms with Crippen molar-refractivity contribution in [3.05, 3.63) is 23.7 Å². The second kappa shape index (κ2) is 2.41. The van der Waals surface area contributed by atoms with Gasteiger partial charge in [0.25, 0.3) is 0 Å². The lowest BCUT2D eigenvalue weighted by atomic mass is 10.6. The number of aliphatic carboxylic acids is 1. The fraction of sp³-hybridized carbons (Fsp3) is 0. The van der Waals surface area contributed by atoms with Crippen LogP contribution in [0.4, 0.5) is 0 Å². The SMILES string of the molecule is O=C(O)C(=O)n1ccc[n+]1[O-]. The first kappa shape index (κ1) is 7.26. The molecule has 1 rings (SSSR count). The molecule has 58 valence electrons. The number of aromatic nitrogens is 2. The Hall–Kier alpha value is -1.85. The van der Waals surface area contributed by atoms with E-state index in [0.29, 0.717) is 4.68 Å². The standard InChI is InChI=1S/C5H4N2O4/c8-4(5(9)10)6-2-1-3-7(6)11/h1-3H,(H,9,10). The second-order valence-electron chi connectivity index (χ2n) is 1.75. The molecule has 0 aromatic carbocycles. The highest BCUT2D eigenvalue weighted by Gasteiger charge is 2.19. The van der Waals surface area contributed by atoms with E-state index in [2.05, 4.69) is 0 Å². The van der Waals surface area contributed by atoms with E-state index in [0.717, 1.165) is 12.4 Å². The lowest BCUT2D eigenvalue weighted by Gasteiger charge is -1.95. The van der Waals surface area contributed by atoms with Crippen molar-refractivity contribution in [1.82, 2.24) is 4.68 Å². The first-order valence-electron chi connectivity index (χ1n) is 2.67. The highest BCUT2D eigenvalue weighted by molar-refractivity contribution is 6.31. The highest BCUT2D eigenvalue weighted by atomic mass is 16.5. The summed E-state index contributed by atoms with van der Waals surface area (Å²) < 4.78 is 0.447. The van der Waals surface area contributed by atoms with Gasteiger partial charge in [0.2, 0.25) is 6.20 Å². The number of rotatable bonds is 0. The lowest BCUT2D eigenvalue weighted by Crippen LogP contribution is -2.42. The van der Waals surface area contributed by atoms with Crippen molar-refractivity contribution in [2.24, 2.45) is 0 Å². The number of carboxylic acids is 1. The number of hydrogen-bond donors (Lipinski definition) is 1. The molecule has 6 nitrogen and oxygen atoms in total. The third kappa shape index (κ3) is 1.18. The number of carbonyl (C=O) groups excluding carboxylic acids is 1. The van der Waals surface area contributed by atoms with Gasteiger partial charge in [-0.1, -0.05) is 9.53 Å². The molecule has 1 N–H and O–H groups in total. The Kier molecular flexibility index (Phi) is 1.59. The van der Waals surface area contributed by atoms with Crippen LogP contribution in [0.15, 0.2) is 18.5 Å². The van der Waals surface area contributed by atoms with Crippen LogP contribution < -0.4 is 4.85 Å². The van der Waals surface area contributed by atoms with Gasteiger partial charge in [0.05, 0.1) is 6.20 Å². The predicted octanol–water partition coefficient (Wildman–Crippen LogP) is -1.15. The van der Waals surface area contributed by atoms with Crippen LogP contribution >= 0.6 is 0 Å². The molecular weight excluding hydrogens is 152 g/mol. The molecule has 1 aromatic heterocycles. The zero-order valence-electron chi connectivity index (χ0n) is 5.30. The Balaban J connectivity index is 3.02. The molecule has 0 atom stereocenters. The number of nitrogens with zero attached hydrogens (tertiary/aromatic N) is 2. The molecule has 0 aliphatic rings. The molecule has 0 fully saturated rings. The number of carboxylic acid groups (broad SMARTS) is 1. The largest absolute Gasteiger partial charge is 0.596 e. The summed E-state index contributed by atoms with van der Waals surface area (Å²) in [4.78, 5) is 20.7. The topological polar surface area (TPSA) is 86.2 Å². The molecule has 0 unspecified atom stereocenters. The molecule has 0 amide bonds. The minimum absolute atomic E-state index is 0.135. The van der Waals surface area contributed by atoms with E-state index in [-0.39, 0.29) is 4.85 Å². The molecule has 1 aromatic rings. The highest BCUT2D eigenvalue weighted by Crippen LogP contribution is 1.81. The molecule has 0 bridgehead atoms. The molecule has 0 aliphatic heterocycles. The van der Waals surface area contributed by atoms with E-state index in [1.54, 1.807) is 0 Å². The summed E-state index contributed by atoms with van der Waals surface area (Å²) >= 11 is 0. The molecule has 6 heteroatoms. The predicted molar refractivity (Wildman–Crippen MR) is 31.7 cm³/mol. The Morgan fingerprint density at radius 1 is 1.55 bits per heavy atom. The van der Waals surface area contributed by atoms with Crippen LogP contribution in [-0.2, 0) is 4.79 Å². The van der Waals surface area contributed by atoms with Gasteiger partial charge in [0.15, 0.2) is 0 Å². The molecule has 0 saturated carbocycles. The minimum atomic E-state index is -1.66. The van der Waals surface area contributed by atoms with E-state index in [4.69, 9.17) is 5.11 Å². The summed E-state index contributed by atoms with van der Waals surface area (Å²) in [5, 5.41) is 18.7. The van der Waals surface area contributed by atoms with Gasteiger partial charge in [0, 0.05) is 6.07 Å². The molecule has 0 spiro atoms. The Bertz CT molecular complexity index is 303. The van der Waals surface area contributed by atoms with Crippen LogP contribution in [0.2, 0.25) is 0 Å². The molecule has 11 heavy (non-hydrogen) atoms. The maximum atomic E-state index is 10.6. The first-order valence-corrected chi connectivity index (χ1v) is 2.67. The zero-order chi connectivity index (χ0) is 8.43. The monoisotopic (exact) mass is 156 g/mol. The van der Waals surface area contributed by atoms with Crippen molar-refractivity contribution in [1.29, 1.82) is 0 Å². The van der Waals surface area contributed by atoms with E-state index in [1.165, 1.54) is 6.07 Å². The second-order valence-corrected chi connectivity index (χ2v) is 1.75. The van der Waals surface area contributed by atoms with Crippen molar-refractivity contribution >= 4 is 11.9 Å². The Morgan fingerprint density at radius 3 is 2.55 bits per heavy atom. The number of hydrogen-bond acceptors (Lipinski definition) is 3. The van der Waals surface area contributed by atoms with Crippen LogP contribution in [0.1, 0.15) is 4.79 Å². The van der Waals surface area contributed by atoms with E-state index in [9.17, 15) is 14.8 Å². The molecule has 0 aliphatic carbocycles. The van der Waals surface area contributed by atoms with Gasteiger partial charge in [-0.3, -0.25) is 4.79 Å². The van der Waals surface area contributed by atoms with Gasteiger partial charge < -0.3 is 10.3 Å². The van der Waals surface area contributed by atoms with Crippen molar-refractivity contribution < 1.29 is 19.5 Å². The van der Waals surface area contributed by atoms with Gasteiger partial charge >= 0.3 is 11.9 Å². The summed E-state index contributed by atoms with van der Waals surface area (Å²) in [6.07, 6.45) is 2.10. The van der Waals surface area contributed by atoms with E-state index >= 15 is 0 Å². The van der Waals surface area contributed by atoms with Gasteiger partial charge in [0.1, 0.15) is 0 Å². The van der Waals surface area contributed by atoms with Gasteiger partial charge in [-0.25, -0.2) is 4.79 Å². The summed E-state index contributed by atoms with van der Waals surface area (Å²) in [7, 11) is 0. The zero-order valence-corrected chi connectivity index (χ0v) is 5.30. The van der Waals surface area contributed by atoms with Crippen LogP contribution in [0.5, 0.6) is 0 Å². The average Bonchev–Trinajstić information content (AvgIpc) is 2.33. The van der Waals surface area contributed by atoms with Crippen LogP contribution in [0.3, 0.4) is 0 Å². The van der Waals surface area contributed by atoms with Gasteiger partial charge in [-0.05, 0) is 0 Å². The normalized spacial score (nSPS) is 9.45. The quantitative estimate of drug-likeness (QED) is 0.292. The smallest absolute Gasteiger partial charge is 0.400 e. The summed E-state index contributed by atoms with van der Waals surface area (Å²) in [5.41, 5.74) is 0. The van der Waals surface area contributed by atoms with Crippen LogP contribution in [0, 0.1) is 5.21 Å². The number of carbonyl (C=O) groups is 2. The van der Waals surface area contributed by atoms with Gasteiger partial charge in [-0.2, -0.15) is 0 Å². The summed E-state index contributed by atoms with van der Waals surface area (Å²) in [6.45, 7) is 0. The van der Waals surface area contributed by atoms with Crippen molar-refractivity contribution in [2.75, 3.05) is 0 Å². The molecule has 0 saturated heterocycles. The minimum Gasteiger partial charge on any atom is -0.596 e. The molecule has 0 radical (unpaired) electrons. The average molecular weight is 156 g/mol. The van der Waals surface area contributed by atoms with Crippen molar-refractivity contribution in [3.8, 4) is 0 Å². The lowest BCUT2D eigenvalue weighted by molar-refractivity contribution is -0.681. The third-order valence-electron chi connectivity index (χ3n) is 1.04. The third-order valence-corrected chi connectivity index (χ3v) is 1.04. The van der Waals surface area contributed by atoms with Crippen molar-refractivity contribution in [3.63, 3.8) is 0 Å². The van der Waals surface area contributed by atoms with E-state index < -0.39 is 11.9 Å². The fourth-order valence-electron chi connectivity index (χ4n) is 0.586. The summed E-state index contributed by atoms with van der Waals surface area (Å²) in [6, 6.07) is 1.27. The van der Waals surface area contributed by atoms with Crippen LogP contribution in [0.25, 0.3) is 0 Å². The molecular formula is C5H4N2O4. The van der Waals surface area contributed by atoms with Crippen LogP contribution in [-0.4, -0.2) is 21.7 Å². The first-order chi connectivity index (χ1) is 5.13. The Morgan fingerprint density at radius 2 is 2.18 bits per heavy atom. The Labute approximate surface area is 60.8 Å². The fourth-order valence-corrected chi connectivity index (χ4v) is 0.586. The molecule has 1 heterocycles. The maximum Gasteiger partial charge on any atom is 0.400 e.